The highest BCUT2D eigenvalue weighted by Crippen LogP contribution is 2.46. The zero-order chi connectivity index (χ0) is 47.6. The van der Waals surface area contributed by atoms with Gasteiger partial charge in [0.1, 0.15) is 23.7 Å². The molecule has 0 aromatic heterocycles. The summed E-state index contributed by atoms with van der Waals surface area (Å²) in [6, 6.07) is 0. The van der Waals surface area contributed by atoms with Crippen LogP contribution in [0.1, 0.15) is 261 Å². The fourth-order valence-electron chi connectivity index (χ4n) is 8.96. The van der Waals surface area contributed by atoms with E-state index in [4.69, 9.17) is 23.3 Å². The van der Waals surface area contributed by atoms with Crippen LogP contribution in [0.15, 0.2) is 0 Å². The van der Waals surface area contributed by atoms with Gasteiger partial charge in [-0.1, -0.05) is 194 Å². The van der Waals surface area contributed by atoms with Gasteiger partial charge in [0.15, 0.2) is 6.10 Å². The number of carbonyl (C=O) groups is 2. The van der Waals surface area contributed by atoms with Crippen molar-refractivity contribution in [1.29, 1.82) is 0 Å². The fraction of sp³-hybridized carbons (Fsp3) is 0.852. The average Bonchev–Trinajstić information content (AvgIpc) is 3.28. The number of esters is 2. The van der Waals surface area contributed by atoms with E-state index in [0.29, 0.717) is 31.4 Å². The molecule has 10 nitrogen and oxygen atoms in total. The molecule has 1 aromatic carbocycles. The lowest BCUT2D eigenvalue weighted by Gasteiger charge is -2.38. The van der Waals surface area contributed by atoms with E-state index >= 15 is 0 Å². The number of hydrogen-bond acceptors (Lipinski definition) is 9. The van der Waals surface area contributed by atoms with Gasteiger partial charge in [0, 0.05) is 24.8 Å². The number of phenolic OH excluding ortho intramolecular Hbond substituents is 1. The molecule has 2 unspecified atom stereocenters. The summed E-state index contributed by atoms with van der Waals surface area (Å²) in [6.45, 7) is 11.3. The second-order valence-corrected chi connectivity index (χ2v) is 21.1. The Morgan fingerprint density at radius 3 is 1.46 bits per heavy atom. The van der Waals surface area contributed by atoms with Crippen LogP contribution in [0.25, 0.3) is 0 Å². The quantitative estimate of drug-likeness (QED) is 0.0370. The van der Waals surface area contributed by atoms with Gasteiger partial charge in [-0.3, -0.25) is 18.6 Å². The third-order valence-corrected chi connectivity index (χ3v) is 14.6. The molecule has 0 radical (unpaired) electrons. The normalized spacial score (nSPS) is 16.2. The SMILES string of the molecule is CCCCCCCCCCCCCCCCCC(=O)OC[C@H](COP(=O)(O)OCCC1(C)CCc2c(C)c(O)c(C)c(C)c2O1)OC(=O)CCCCCCCCCCCCCCCCC. The van der Waals surface area contributed by atoms with E-state index in [1.165, 1.54) is 148 Å². The molecule has 0 saturated carbocycles. The van der Waals surface area contributed by atoms with Crippen LogP contribution >= 0.6 is 7.82 Å². The molecule has 378 valence electrons. The maximum Gasteiger partial charge on any atom is 0.472 e. The molecule has 2 rings (SSSR count). The van der Waals surface area contributed by atoms with Crippen LogP contribution in [0, 0.1) is 20.8 Å². The molecule has 1 aliphatic rings. The smallest absolute Gasteiger partial charge is 0.472 e. The minimum Gasteiger partial charge on any atom is -0.507 e. The van der Waals surface area contributed by atoms with Gasteiger partial charge in [0.05, 0.1) is 13.2 Å². The topological polar surface area (TPSA) is 138 Å². The molecule has 0 bridgehead atoms. The van der Waals surface area contributed by atoms with Gasteiger partial charge in [0.2, 0.25) is 0 Å². The molecule has 1 heterocycles. The first-order valence-corrected chi connectivity index (χ1v) is 28.3. The number of phosphoric ester groups is 1. The van der Waals surface area contributed by atoms with E-state index in [9.17, 15) is 24.2 Å². The van der Waals surface area contributed by atoms with E-state index in [1.54, 1.807) is 0 Å². The lowest BCUT2D eigenvalue weighted by Crippen LogP contribution is -2.38. The summed E-state index contributed by atoms with van der Waals surface area (Å²) in [5.74, 6) is 0.208. The standard InChI is InChI=1S/C54H97O10P/c1-7-9-11-13-15-17-19-21-23-25-27-29-31-33-35-37-50(55)60-43-48(63-51(56)38-36-34-32-30-28-26-24-22-20-18-16-14-12-10-8-2)44-62-65(58,59)61-42-41-54(6)40-39-49-47(5)52(57)45(3)46(4)53(49)64-54/h48,57H,7-44H2,1-6H3,(H,58,59)/t48-,54?/m1/s1. The van der Waals surface area contributed by atoms with Crippen LogP contribution < -0.4 is 4.74 Å². The summed E-state index contributed by atoms with van der Waals surface area (Å²) in [5.41, 5.74) is 2.79. The Kier molecular flexibility index (Phi) is 32.6. The number of aromatic hydroxyl groups is 1. The van der Waals surface area contributed by atoms with Gasteiger partial charge < -0.3 is 24.2 Å². The molecule has 0 fully saturated rings. The molecule has 1 aliphatic heterocycles. The van der Waals surface area contributed by atoms with Crippen molar-refractivity contribution in [2.24, 2.45) is 0 Å². The maximum absolute atomic E-state index is 13.1. The second kappa shape index (κ2) is 35.9. The molecule has 2 N–H and O–H groups in total. The molecular weight excluding hydrogens is 840 g/mol. The van der Waals surface area contributed by atoms with Crippen LogP contribution in [0.4, 0.5) is 0 Å². The molecule has 0 amide bonds. The first kappa shape index (κ1) is 59.0. The third kappa shape index (κ3) is 27.5. The van der Waals surface area contributed by atoms with Crippen LogP contribution in [0.5, 0.6) is 11.5 Å². The predicted octanol–water partition coefficient (Wildman–Crippen LogP) is 15.9. The minimum atomic E-state index is -4.55. The van der Waals surface area contributed by atoms with E-state index in [2.05, 4.69) is 13.8 Å². The van der Waals surface area contributed by atoms with Gasteiger partial charge in [0.25, 0.3) is 0 Å². The van der Waals surface area contributed by atoms with E-state index in [1.807, 2.05) is 27.7 Å². The Balaban J connectivity index is 1.74. The van der Waals surface area contributed by atoms with E-state index in [0.717, 1.165) is 66.5 Å². The Hall–Kier alpha value is -2.13. The van der Waals surface area contributed by atoms with Gasteiger partial charge in [-0.15, -0.1) is 0 Å². The summed E-state index contributed by atoms with van der Waals surface area (Å²) in [4.78, 5) is 36.3. The van der Waals surface area contributed by atoms with Gasteiger partial charge in [-0.2, -0.15) is 0 Å². The highest BCUT2D eigenvalue weighted by Gasteiger charge is 2.36. The van der Waals surface area contributed by atoms with Crippen molar-refractivity contribution in [2.45, 2.75) is 278 Å². The molecular formula is C54H97O10P. The maximum atomic E-state index is 13.1. The molecule has 1 aromatic rings. The van der Waals surface area contributed by atoms with Crippen LogP contribution in [0.2, 0.25) is 0 Å². The summed E-state index contributed by atoms with van der Waals surface area (Å²) in [6.07, 6.45) is 38.2. The number of carbonyl (C=O) groups excluding carboxylic acids is 2. The van der Waals surface area contributed by atoms with Crippen molar-refractivity contribution in [3.05, 3.63) is 22.3 Å². The van der Waals surface area contributed by atoms with E-state index in [-0.39, 0.29) is 32.0 Å². The summed E-state index contributed by atoms with van der Waals surface area (Å²) < 4.78 is 41.4. The van der Waals surface area contributed by atoms with Crippen LogP contribution in [-0.4, -0.2) is 53.5 Å². The lowest BCUT2D eigenvalue weighted by molar-refractivity contribution is -0.161. The molecule has 3 atom stereocenters. The molecule has 0 aliphatic carbocycles. The Labute approximate surface area is 397 Å². The highest BCUT2D eigenvalue weighted by molar-refractivity contribution is 7.47. The Morgan fingerprint density at radius 1 is 0.600 bits per heavy atom. The van der Waals surface area contributed by atoms with Crippen molar-refractivity contribution in [3.8, 4) is 11.5 Å². The predicted molar refractivity (Wildman–Crippen MR) is 266 cm³/mol. The minimum absolute atomic E-state index is 0.105. The number of unbranched alkanes of at least 4 members (excludes halogenated alkanes) is 28. The fourth-order valence-corrected chi connectivity index (χ4v) is 9.71. The number of hydrogen-bond donors (Lipinski definition) is 2. The number of fused-ring (bicyclic) bond motifs is 1. The number of benzene rings is 1. The number of rotatable bonds is 42. The number of ether oxygens (including phenoxy) is 3. The van der Waals surface area contributed by atoms with Crippen molar-refractivity contribution in [2.75, 3.05) is 19.8 Å². The van der Waals surface area contributed by atoms with Gasteiger partial charge in [-0.25, -0.2) is 4.57 Å². The molecule has 0 spiro atoms. The third-order valence-electron chi connectivity index (χ3n) is 13.6. The summed E-state index contributed by atoms with van der Waals surface area (Å²) >= 11 is 0. The largest absolute Gasteiger partial charge is 0.507 e. The van der Waals surface area contributed by atoms with E-state index < -0.39 is 32.1 Å². The van der Waals surface area contributed by atoms with Gasteiger partial charge in [-0.05, 0) is 70.1 Å². The zero-order valence-electron chi connectivity index (χ0n) is 42.6. The first-order chi connectivity index (χ1) is 31.3. The number of phenols is 1. The zero-order valence-corrected chi connectivity index (χ0v) is 43.4. The average molecular weight is 937 g/mol. The van der Waals surface area contributed by atoms with Crippen molar-refractivity contribution in [1.82, 2.24) is 0 Å². The van der Waals surface area contributed by atoms with Crippen molar-refractivity contribution in [3.63, 3.8) is 0 Å². The lowest BCUT2D eigenvalue weighted by atomic mass is 9.86. The van der Waals surface area contributed by atoms with Crippen molar-refractivity contribution >= 4 is 19.8 Å². The van der Waals surface area contributed by atoms with Gasteiger partial charge >= 0.3 is 19.8 Å². The second-order valence-electron chi connectivity index (χ2n) is 19.6. The molecule has 65 heavy (non-hydrogen) atoms. The Bertz CT molecular complexity index is 1470. The van der Waals surface area contributed by atoms with Crippen LogP contribution in [-0.2, 0) is 39.1 Å². The summed E-state index contributed by atoms with van der Waals surface area (Å²) in [7, 11) is -4.55. The molecule has 11 heteroatoms. The van der Waals surface area contributed by atoms with Crippen molar-refractivity contribution < 1.29 is 47.4 Å². The Morgan fingerprint density at radius 2 is 1.02 bits per heavy atom. The first-order valence-electron chi connectivity index (χ1n) is 26.8. The summed E-state index contributed by atoms with van der Waals surface area (Å²) in [5, 5.41) is 10.5. The monoisotopic (exact) mass is 937 g/mol. The molecule has 0 saturated heterocycles. The highest BCUT2D eigenvalue weighted by atomic mass is 31.2. The van der Waals surface area contributed by atoms with Crippen LogP contribution in [0.3, 0.4) is 0 Å². The number of phosphoric acid groups is 1.